The molecule has 1 aliphatic rings. The molecular formula is C11H15N3O2. The molecule has 2 N–H and O–H groups in total. The van der Waals surface area contributed by atoms with Crippen molar-refractivity contribution in [3.8, 4) is 0 Å². The average molecular weight is 221 g/mol. The van der Waals surface area contributed by atoms with E-state index in [0.29, 0.717) is 19.5 Å². The van der Waals surface area contributed by atoms with Crippen molar-refractivity contribution < 1.29 is 9.59 Å². The van der Waals surface area contributed by atoms with E-state index in [1.807, 2.05) is 18.5 Å². The molecular weight excluding hydrogens is 206 g/mol. The molecule has 5 heteroatoms. The predicted octanol–water partition coefficient (Wildman–Crippen LogP) is 0.109. The number of hydrogen-bond acceptors (Lipinski definition) is 2. The maximum Gasteiger partial charge on any atom is 0.225 e. The van der Waals surface area contributed by atoms with E-state index < -0.39 is 0 Å². The summed E-state index contributed by atoms with van der Waals surface area (Å²) >= 11 is 0. The third-order valence-corrected chi connectivity index (χ3v) is 2.84. The van der Waals surface area contributed by atoms with Gasteiger partial charge in [-0.2, -0.15) is 0 Å². The van der Waals surface area contributed by atoms with E-state index in [1.165, 1.54) is 0 Å². The topological polar surface area (TPSA) is 65.2 Å². The van der Waals surface area contributed by atoms with Gasteiger partial charge in [-0.15, -0.1) is 0 Å². The van der Waals surface area contributed by atoms with Crippen LogP contribution in [0.3, 0.4) is 0 Å². The highest BCUT2D eigenvalue weighted by atomic mass is 16.2. The Bertz CT molecular complexity index is 386. The SMILES string of the molecule is CN1CC(C(=O)NCc2cc[nH]c2)CC1=O. The quantitative estimate of drug-likeness (QED) is 0.760. The molecule has 0 saturated carbocycles. The van der Waals surface area contributed by atoms with E-state index in [9.17, 15) is 9.59 Å². The van der Waals surface area contributed by atoms with Crippen molar-refractivity contribution in [1.82, 2.24) is 15.2 Å². The first-order valence-electron chi connectivity index (χ1n) is 5.30. The molecule has 1 saturated heterocycles. The number of H-pyrrole nitrogens is 1. The number of likely N-dealkylation sites (tertiary alicyclic amines) is 1. The van der Waals surface area contributed by atoms with Crippen molar-refractivity contribution in [2.75, 3.05) is 13.6 Å². The highest BCUT2D eigenvalue weighted by Gasteiger charge is 2.31. The fraction of sp³-hybridized carbons (Fsp3) is 0.455. The van der Waals surface area contributed by atoms with Crippen LogP contribution in [0.4, 0.5) is 0 Å². The molecule has 0 aromatic carbocycles. The van der Waals surface area contributed by atoms with Gasteiger partial charge in [0, 0.05) is 39.0 Å². The number of amides is 2. The number of nitrogens with one attached hydrogen (secondary N) is 2. The summed E-state index contributed by atoms with van der Waals surface area (Å²) in [6, 6.07) is 1.91. The maximum absolute atomic E-state index is 11.7. The van der Waals surface area contributed by atoms with Gasteiger partial charge in [-0.3, -0.25) is 9.59 Å². The molecule has 1 aromatic heterocycles. The number of hydrogen-bond donors (Lipinski definition) is 2. The zero-order valence-electron chi connectivity index (χ0n) is 9.19. The van der Waals surface area contributed by atoms with Gasteiger partial charge >= 0.3 is 0 Å². The van der Waals surface area contributed by atoms with Crippen molar-refractivity contribution in [3.63, 3.8) is 0 Å². The summed E-state index contributed by atoms with van der Waals surface area (Å²) in [4.78, 5) is 27.5. The van der Waals surface area contributed by atoms with Crippen LogP contribution in [0.5, 0.6) is 0 Å². The molecule has 0 radical (unpaired) electrons. The van der Waals surface area contributed by atoms with Crippen molar-refractivity contribution in [2.45, 2.75) is 13.0 Å². The van der Waals surface area contributed by atoms with Gasteiger partial charge in [0.15, 0.2) is 0 Å². The Balaban J connectivity index is 1.83. The minimum absolute atomic E-state index is 0.0427. The summed E-state index contributed by atoms with van der Waals surface area (Å²) in [6.07, 6.45) is 3.98. The molecule has 1 aliphatic heterocycles. The highest BCUT2D eigenvalue weighted by Crippen LogP contribution is 2.15. The first-order chi connectivity index (χ1) is 7.66. The van der Waals surface area contributed by atoms with E-state index in [0.717, 1.165) is 5.56 Å². The molecule has 0 bridgehead atoms. The second-order valence-electron chi connectivity index (χ2n) is 4.11. The molecule has 1 unspecified atom stereocenters. The minimum atomic E-state index is -0.198. The second kappa shape index (κ2) is 4.38. The van der Waals surface area contributed by atoms with Crippen molar-refractivity contribution in [2.24, 2.45) is 5.92 Å². The van der Waals surface area contributed by atoms with E-state index in [-0.39, 0.29) is 17.7 Å². The minimum Gasteiger partial charge on any atom is -0.367 e. The van der Waals surface area contributed by atoms with Crippen molar-refractivity contribution >= 4 is 11.8 Å². The Morgan fingerprint density at radius 1 is 1.69 bits per heavy atom. The van der Waals surface area contributed by atoms with Crippen LogP contribution in [0.25, 0.3) is 0 Å². The molecule has 16 heavy (non-hydrogen) atoms. The zero-order valence-corrected chi connectivity index (χ0v) is 9.19. The third kappa shape index (κ3) is 2.24. The van der Waals surface area contributed by atoms with Crippen molar-refractivity contribution in [3.05, 3.63) is 24.0 Å². The molecule has 0 aliphatic carbocycles. The Morgan fingerprint density at radius 3 is 3.06 bits per heavy atom. The first kappa shape index (κ1) is 10.7. The Kier molecular flexibility index (Phi) is 2.94. The van der Waals surface area contributed by atoms with Crippen LogP contribution in [0.2, 0.25) is 0 Å². The highest BCUT2D eigenvalue weighted by molar-refractivity contribution is 5.89. The fourth-order valence-corrected chi connectivity index (χ4v) is 1.84. The fourth-order valence-electron chi connectivity index (χ4n) is 1.84. The van der Waals surface area contributed by atoms with Crippen LogP contribution in [-0.4, -0.2) is 35.3 Å². The monoisotopic (exact) mass is 221 g/mol. The third-order valence-electron chi connectivity index (χ3n) is 2.84. The van der Waals surface area contributed by atoms with Crippen LogP contribution in [0.15, 0.2) is 18.5 Å². The normalized spacial score (nSPS) is 20.2. The Morgan fingerprint density at radius 2 is 2.50 bits per heavy atom. The lowest BCUT2D eigenvalue weighted by Gasteiger charge is -2.10. The molecule has 1 aromatic rings. The molecule has 1 atom stereocenters. The van der Waals surface area contributed by atoms with E-state index in [2.05, 4.69) is 10.3 Å². The lowest BCUT2D eigenvalue weighted by atomic mass is 10.1. The van der Waals surface area contributed by atoms with Gasteiger partial charge < -0.3 is 15.2 Å². The van der Waals surface area contributed by atoms with Gasteiger partial charge in [-0.05, 0) is 11.6 Å². The molecule has 2 rings (SSSR count). The summed E-state index contributed by atoms with van der Waals surface area (Å²) in [5.74, 6) is -0.197. The van der Waals surface area contributed by atoms with E-state index in [1.54, 1.807) is 11.9 Å². The summed E-state index contributed by atoms with van der Waals surface area (Å²) in [5.41, 5.74) is 1.03. The smallest absolute Gasteiger partial charge is 0.225 e. The molecule has 2 amide bonds. The second-order valence-corrected chi connectivity index (χ2v) is 4.11. The molecule has 2 heterocycles. The summed E-state index contributed by atoms with van der Waals surface area (Å²) in [6.45, 7) is 1.04. The van der Waals surface area contributed by atoms with E-state index >= 15 is 0 Å². The van der Waals surface area contributed by atoms with Gasteiger partial charge in [-0.25, -0.2) is 0 Å². The van der Waals surface area contributed by atoms with Gasteiger partial charge in [0.1, 0.15) is 0 Å². The molecule has 5 nitrogen and oxygen atoms in total. The first-order valence-corrected chi connectivity index (χ1v) is 5.30. The maximum atomic E-state index is 11.7. The van der Waals surface area contributed by atoms with E-state index in [4.69, 9.17) is 0 Å². The van der Waals surface area contributed by atoms with Gasteiger partial charge in [-0.1, -0.05) is 0 Å². The van der Waals surface area contributed by atoms with Crippen LogP contribution in [-0.2, 0) is 16.1 Å². The van der Waals surface area contributed by atoms with Crippen molar-refractivity contribution in [1.29, 1.82) is 0 Å². The lowest BCUT2D eigenvalue weighted by Crippen LogP contribution is -2.31. The Hall–Kier alpha value is -1.78. The molecule has 0 spiro atoms. The van der Waals surface area contributed by atoms with Gasteiger partial charge in [0.05, 0.1) is 5.92 Å². The predicted molar refractivity (Wildman–Crippen MR) is 58.4 cm³/mol. The summed E-state index contributed by atoms with van der Waals surface area (Å²) in [7, 11) is 1.72. The molecule has 1 fully saturated rings. The number of rotatable bonds is 3. The average Bonchev–Trinajstić information content (AvgIpc) is 2.86. The standard InChI is InChI=1S/C11H15N3O2/c1-14-7-9(4-10(14)15)11(16)13-6-8-2-3-12-5-8/h2-3,5,9,12H,4,6-7H2,1H3,(H,13,16). The number of nitrogens with zero attached hydrogens (tertiary/aromatic N) is 1. The van der Waals surface area contributed by atoms with Gasteiger partial charge in [0.2, 0.25) is 11.8 Å². The number of carbonyl (C=O) groups is 2. The van der Waals surface area contributed by atoms with Crippen LogP contribution >= 0.6 is 0 Å². The number of aromatic nitrogens is 1. The van der Waals surface area contributed by atoms with Gasteiger partial charge in [0.25, 0.3) is 0 Å². The largest absolute Gasteiger partial charge is 0.367 e. The van der Waals surface area contributed by atoms with Crippen LogP contribution in [0, 0.1) is 5.92 Å². The molecule has 86 valence electrons. The number of aromatic amines is 1. The van der Waals surface area contributed by atoms with Crippen LogP contribution in [0.1, 0.15) is 12.0 Å². The summed E-state index contributed by atoms with van der Waals surface area (Å²) in [5, 5.41) is 2.83. The number of carbonyl (C=O) groups excluding carboxylic acids is 2. The zero-order chi connectivity index (χ0) is 11.5. The summed E-state index contributed by atoms with van der Waals surface area (Å²) < 4.78 is 0. The lowest BCUT2D eigenvalue weighted by molar-refractivity contribution is -0.128. The Labute approximate surface area is 93.8 Å². The van der Waals surface area contributed by atoms with Crippen LogP contribution < -0.4 is 5.32 Å².